The van der Waals surface area contributed by atoms with E-state index in [4.69, 9.17) is 18.0 Å². The van der Waals surface area contributed by atoms with Gasteiger partial charge in [0.2, 0.25) is 0 Å². The third-order valence-corrected chi connectivity index (χ3v) is 2.92. The first kappa shape index (κ1) is 15.7. The molecule has 1 unspecified atom stereocenters. The molecule has 0 radical (unpaired) electrons. The first-order valence-electron chi connectivity index (χ1n) is 6.44. The molecule has 0 saturated heterocycles. The smallest absolute Gasteiger partial charge is 0.169 e. The molecule has 4 nitrogen and oxygen atoms in total. The van der Waals surface area contributed by atoms with Gasteiger partial charge < -0.3 is 11.1 Å². The number of hydrazine groups is 1. The van der Waals surface area contributed by atoms with Crippen LogP contribution in [0.4, 0.5) is 0 Å². The Labute approximate surface area is 121 Å². The number of rotatable bonds is 4. The highest BCUT2D eigenvalue weighted by molar-refractivity contribution is 7.80. The van der Waals surface area contributed by atoms with Gasteiger partial charge in [-0.2, -0.15) is 0 Å². The van der Waals surface area contributed by atoms with Crippen LogP contribution in [0.5, 0.6) is 0 Å². The zero-order valence-corrected chi connectivity index (χ0v) is 12.9. The van der Waals surface area contributed by atoms with Crippen molar-refractivity contribution < 1.29 is 0 Å². The van der Waals surface area contributed by atoms with E-state index in [1.807, 2.05) is 30.2 Å². The van der Waals surface area contributed by atoms with Crippen LogP contribution in [0.25, 0.3) is 0 Å². The fourth-order valence-electron chi connectivity index (χ4n) is 1.71. The molecular weight excluding hydrogens is 256 g/mol. The van der Waals surface area contributed by atoms with Gasteiger partial charge in [-0.25, -0.2) is 5.43 Å². The van der Waals surface area contributed by atoms with Crippen molar-refractivity contribution in [2.24, 2.45) is 11.1 Å². The van der Waals surface area contributed by atoms with Gasteiger partial charge in [0, 0.05) is 0 Å². The van der Waals surface area contributed by atoms with Gasteiger partial charge in [-0.3, -0.25) is 5.01 Å². The predicted octanol–water partition coefficient (Wildman–Crippen LogP) is 2.03. The Kier molecular flexibility index (Phi) is 5.57. The normalized spacial score (nSPS) is 20.3. The van der Waals surface area contributed by atoms with E-state index >= 15 is 0 Å². The second-order valence-electron chi connectivity index (χ2n) is 5.58. The Morgan fingerprint density at radius 3 is 2.74 bits per heavy atom. The van der Waals surface area contributed by atoms with E-state index in [1.165, 1.54) is 0 Å². The van der Waals surface area contributed by atoms with Gasteiger partial charge in [-0.05, 0) is 30.6 Å². The van der Waals surface area contributed by atoms with Crippen LogP contribution in [0.15, 0.2) is 36.2 Å². The molecule has 0 amide bonds. The van der Waals surface area contributed by atoms with Gasteiger partial charge in [-0.1, -0.05) is 45.1 Å². The van der Waals surface area contributed by atoms with Crippen molar-refractivity contribution in [3.8, 4) is 0 Å². The third-order valence-electron chi connectivity index (χ3n) is 2.82. The molecule has 0 aromatic heterocycles. The van der Waals surface area contributed by atoms with Gasteiger partial charge in [0.05, 0.1) is 12.6 Å². The van der Waals surface area contributed by atoms with Crippen molar-refractivity contribution in [2.45, 2.75) is 33.7 Å². The fourth-order valence-corrected chi connectivity index (χ4v) is 1.81. The van der Waals surface area contributed by atoms with Crippen molar-refractivity contribution in [1.29, 1.82) is 0 Å². The first-order valence-corrected chi connectivity index (χ1v) is 6.85. The molecule has 0 spiro atoms. The van der Waals surface area contributed by atoms with E-state index in [9.17, 15) is 0 Å². The summed E-state index contributed by atoms with van der Waals surface area (Å²) >= 11 is 4.91. The molecule has 1 rings (SSSR count). The van der Waals surface area contributed by atoms with Crippen LogP contribution < -0.4 is 16.5 Å². The van der Waals surface area contributed by atoms with Gasteiger partial charge >= 0.3 is 0 Å². The van der Waals surface area contributed by atoms with Crippen LogP contribution in [0.1, 0.15) is 27.7 Å². The van der Waals surface area contributed by atoms with Crippen molar-refractivity contribution in [3.05, 3.63) is 36.2 Å². The molecule has 19 heavy (non-hydrogen) atoms. The Balaban J connectivity index is 2.74. The van der Waals surface area contributed by atoms with Gasteiger partial charge in [0.15, 0.2) is 5.11 Å². The van der Waals surface area contributed by atoms with Crippen LogP contribution in [-0.4, -0.2) is 22.7 Å². The first-order chi connectivity index (χ1) is 8.84. The lowest BCUT2D eigenvalue weighted by Gasteiger charge is -2.29. The molecule has 0 aromatic carbocycles. The van der Waals surface area contributed by atoms with E-state index in [0.29, 0.717) is 0 Å². The lowest BCUT2D eigenvalue weighted by atomic mass is 9.87. The molecule has 0 saturated carbocycles. The highest BCUT2D eigenvalue weighted by Gasteiger charge is 2.31. The second kappa shape index (κ2) is 6.73. The van der Waals surface area contributed by atoms with Gasteiger partial charge in [0.25, 0.3) is 0 Å². The summed E-state index contributed by atoms with van der Waals surface area (Å²) in [7, 11) is 0. The van der Waals surface area contributed by atoms with Crippen molar-refractivity contribution in [2.75, 3.05) is 6.54 Å². The minimum absolute atomic E-state index is 0.130. The molecular formula is C14H24N4S. The average Bonchev–Trinajstić information content (AvgIpc) is 2.67. The SMILES string of the molecule is C/C=C\C=C/CN1NC(C(C)(C)C)C=C1NC(N)=S. The van der Waals surface area contributed by atoms with E-state index in [1.54, 1.807) is 0 Å². The largest absolute Gasteiger partial charge is 0.376 e. The molecule has 1 aliphatic heterocycles. The summed E-state index contributed by atoms with van der Waals surface area (Å²) in [6.45, 7) is 9.32. The molecule has 1 atom stereocenters. The summed E-state index contributed by atoms with van der Waals surface area (Å²) in [5.41, 5.74) is 9.14. The number of nitrogens with one attached hydrogen (secondary N) is 2. The fraction of sp³-hybridized carbons (Fsp3) is 0.500. The summed E-state index contributed by atoms with van der Waals surface area (Å²) < 4.78 is 0. The summed E-state index contributed by atoms with van der Waals surface area (Å²) in [4.78, 5) is 0. The molecule has 0 fully saturated rings. The summed E-state index contributed by atoms with van der Waals surface area (Å²) in [6, 6.07) is 0.250. The molecule has 1 aliphatic rings. The summed E-state index contributed by atoms with van der Waals surface area (Å²) in [5, 5.41) is 5.32. The number of nitrogens with two attached hydrogens (primary N) is 1. The van der Waals surface area contributed by atoms with Crippen LogP contribution in [0.3, 0.4) is 0 Å². The number of hydrogen-bond donors (Lipinski definition) is 3. The van der Waals surface area contributed by atoms with Crippen molar-refractivity contribution in [1.82, 2.24) is 15.8 Å². The van der Waals surface area contributed by atoms with E-state index in [0.717, 1.165) is 12.4 Å². The number of nitrogens with zero attached hydrogens (tertiary/aromatic N) is 1. The molecule has 0 aliphatic carbocycles. The molecule has 4 N–H and O–H groups in total. The van der Waals surface area contributed by atoms with Crippen LogP contribution in [0, 0.1) is 5.41 Å². The van der Waals surface area contributed by atoms with Crippen LogP contribution in [-0.2, 0) is 0 Å². The maximum Gasteiger partial charge on any atom is 0.169 e. The highest BCUT2D eigenvalue weighted by atomic mass is 32.1. The summed E-state index contributed by atoms with van der Waals surface area (Å²) in [6.07, 6.45) is 10.2. The van der Waals surface area contributed by atoms with E-state index in [-0.39, 0.29) is 16.6 Å². The van der Waals surface area contributed by atoms with Crippen LogP contribution in [0.2, 0.25) is 0 Å². The number of hydrogen-bond acceptors (Lipinski definition) is 3. The Bertz CT molecular complexity index is 404. The molecule has 0 bridgehead atoms. The molecule has 106 valence electrons. The van der Waals surface area contributed by atoms with Crippen LogP contribution >= 0.6 is 12.2 Å². The predicted molar refractivity (Wildman–Crippen MR) is 85.0 cm³/mol. The molecule has 0 aromatic rings. The van der Waals surface area contributed by atoms with E-state index < -0.39 is 0 Å². The number of thiocarbonyl (C=S) groups is 1. The lowest BCUT2D eigenvalue weighted by molar-refractivity contribution is 0.205. The quantitative estimate of drug-likeness (QED) is 0.543. The zero-order chi connectivity index (χ0) is 14.5. The van der Waals surface area contributed by atoms with Crippen molar-refractivity contribution in [3.63, 3.8) is 0 Å². The maximum absolute atomic E-state index is 5.56. The van der Waals surface area contributed by atoms with Gasteiger partial charge in [-0.15, -0.1) is 0 Å². The average molecular weight is 280 g/mol. The minimum Gasteiger partial charge on any atom is -0.376 e. The lowest BCUT2D eigenvalue weighted by Crippen LogP contribution is -2.45. The Hall–Kier alpha value is -1.33. The number of allylic oxidation sites excluding steroid dienone is 3. The standard InChI is InChI=1S/C14H24N4S/c1-5-6-7-8-9-18-12(16-13(15)19)10-11(17-18)14(2,3)4/h5-8,10-11,17H,9H2,1-4H3,(H3,15,16,19)/b6-5-,8-7-. The highest BCUT2D eigenvalue weighted by Crippen LogP contribution is 2.25. The van der Waals surface area contributed by atoms with Crippen molar-refractivity contribution >= 4 is 17.3 Å². The molecule has 1 heterocycles. The van der Waals surface area contributed by atoms with E-state index in [2.05, 4.69) is 43.7 Å². The monoisotopic (exact) mass is 280 g/mol. The topological polar surface area (TPSA) is 53.3 Å². The Morgan fingerprint density at radius 2 is 2.21 bits per heavy atom. The molecule has 5 heteroatoms. The minimum atomic E-state index is 0.130. The second-order valence-corrected chi connectivity index (χ2v) is 6.02. The maximum atomic E-state index is 5.56. The third kappa shape index (κ3) is 5.04. The Morgan fingerprint density at radius 1 is 1.53 bits per heavy atom. The van der Waals surface area contributed by atoms with Gasteiger partial charge in [0.1, 0.15) is 5.82 Å². The zero-order valence-electron chi connectivity index (χ0n) is 12.1. The summed E-state index contributed by atoms with van der Waals surface area (Å²) in [5.74, 6) is 0.914.